The number of oxazole rings is 1. The van der Waals surface area contributed by atoms with Gasteiger partial charge in [-0.1, -0.05) is 12.1 Å². The van der Waals surface area contributed by atoms with Crippen LogP contribution >= 0.6 is 0 Å². The Morgan fingerprint density at radius 3 is 2.94 bits per heavy atom. The molecule has 5 rings (SSSR count). The monoisotopic (exact) mass is 416 g/mol. The fourth-order valence-electron chi connectivity index (χ4n) is 4.10. The molecule has 2 aromatic heterocycles. The van der Waals surface area contributed by atoms with Crippen LogP contribution in [0.4, 0.5) is 16.3 Å². The van der Waals surface area contributed by atoms with Crippen LogP contribution in [0.5, 0.6) is 0 Å². The Kier molecular flexibility index (Phi) is 4.55. The molecule has 9 nitrogen and oxygen atoms in total. The molecular formula is C22H20N6O3. The summed E-state index contributed by atoms with van der Waals surface area (Å²) in [7, 11) is 0. The molecule has 3 amide bonds. The number of pyridine rings is 1. The zero-order chi connectivity index (χ0) is 21.4. The fraction of sp³-hybridized carbons (Fsp3) is 0.318. The fourth-order valence-corrected chi connectivity index (χ4v) is 4.10. The highest BCUT2D eigenvalue weighted by Gasteiger charge is 2.56. The number of benzene rings is 1. The molecule has 2 fully saturated rings. The Bertz CT molecular complexity index is 1180. The van der Waals surface area contributed by atoms with Gasteiger partial charge >= 0.3 is 6.03 Å². The number of hydrogen-bond donors (Lipinski definition) is 2. The van der Waals surface area contributed by atoms with Crippen molar-refractivity contribution in [3.8, 4) is 6.07 Å². The molecule has 1 atom stereocenters. The highest BCUT2D eigenvalue weighted by molar-refractivity contribution is 6.02. The van der Waals surface area contributed by atoms with Crippen molar-refractivity contribution in [3.05, 3.63) is 48.5 Å². The Balaban J connectivity index is 1.23. The van der Waals surface area contributed by atoms with Crippen LogP contribution in [0, 0.1) is 22.7 Å². The van der Waals surface area contributed by atoms with E-state index in [1.165, 1.54) is 6.20 Å². The van der Waals surface area contributed by atoms with E-state index >= 15 is 0 Å². The molecule has 0 unspecified atom stereocenters. The van der Waals surface area contributed by atoms with Crippen molar-refractivity contribution in [2.24, 2.45) is 11.3 Å². The van der Waals surface area contributed by atoms with Gasteiger partial charge in [0.15, 0.2) is 5.58 Å². The van der Waals surface area contributed by atoms with Crippen LogP contribution in [0.15, 0.2) is 47.0 Å². The van der Waals surface area contributed by atoms with Gasteiger partial charge in [-0.25, -0.2) is 14.8 Å². The van der Waals surface area contributed by atoms with E-state index in [0.717, 1.165) is 18.4 Å². The Morgan fingerprint density at radius 1 is 1.32 bits per heavy atom. The number of nitriles is 1. The van der Waals surface area contributed by atoms with Crippen LogP contribution in [-0.4, -0.2) is 28.5 Å². The first-order valence-electron chi connectivity index (χ1n) is 10.2. The van der Waals surface area contributed by atoms with Crippen molar-refractivity contribution in [3.63, 3.8) is 0 Å². The third-order valence-electron chi connectivity index (χ3n) is 5.87. The van der Waals surface area contributed by atoms with Gasteiger partial charge in [0, 0.05) is 24.5 Å². The molecule has 1 aliphatic carbocycles. The Hall–Kier alpha value is -3.93. The highest BCUT2D eigenvalue weighted by atomic mass is 16.3. The van der Waals surface area contributed by atoms with Crippen molar-refractivity contribution >= 4 is 34.5 Å². The van der Waals surface area contributed by atoms with E-state index in [-0.39, 0.29) is 18.4 Å². The Labute approximate surface area is 178 Å². The number of amides is 3. The largest absolute Gasteiger partial charge is 0.439 e. The molecular weight excluding hydrogens is 396 g/mol. The van der Waals surface area contributed by atoms with Gasteiger partial charge < -0.3 is 14.6 Å². The molecule has 9 heteroatoms. The molecule has 2 N–H and O–H groups in total. The van der Waals surface area contributed by atoms with Crippen molar-refractivity contribution in [1.29, 1.82) is 5.26 Å². The van der Waals surface area contributed by atoms with Crippen LogP contribution in [-0.2, 0) is 11.3 Å². The van der Waals surface area contributed by atoms with E-state index in [9.17, 15) is 14.9 Å². The standard InChI is InChI=1S/C22H20N6O3/c23-13-22(14-5-6-14)8-10-28(20(22)29)15-7-9-24-18(11-15)27-21(30)25-12-19-26-16-3-1-2-4-17(16)31-19/h1-4,7,9,11,14H,5-6,8,10,12H2,(H2,24,25,27,30)/t22-/m1/s1. The summed E-state index contributed by atoms with van der Waals surface area (Å²) in [5, 5.41) is 15.0. The molecule has 1 saturated heterocycles. The lowest BCUT2D eigenvalue weighted by Crippen LogP contribution is -2.35. The number of urea groups is 1. The first kappa shape index (κ1) is 19.1. The minimum absolute atomic E-state index is 0.122. The van der Waals surface area contributed by atoms with Crippen LogP contribution in [0.3, 0.4) is 0 Å². The highest BCUT2D eigenvalue weighted by Crippen LogP contribution is 2.51. The quantitative estimate of drug-likeness (QED) is 0.658. The summed E-state index contributed by atoms with van der Waals surface area (Å²) in [6.07, 6.45) is 3.92. The van der Waals surface area contributed by atoms with Crippen molar-refractivity contribution in [2.45, 2.75) is 25.8 Å². The number of carbonyl (C=O) groups excluding carboxylic acids is 2. The number of nitrogens with zero attached hydrogens (tertiary/aromatic N) is 4. The topological polar surface area (TPSA) is 124 Å². The molecule has 3 heterocycles. The van der Waals surface area contributed by atoms with Gasteiger partial charge in [0.1, 0.15) is 16.7 Å². The minimum Gasteiger partial charge on any atom is -0.439 e. The SMILES string of the molecule is N#C[C@@]1(C2CC2)CCN(c2ccnc(NC(=O)NCc3nc4ccccc4o3)c2)C1=O. The molecule has 3 aromatic rings. The van der Waals surface area contributed by atoms with Crippen LogP contribution in [0.25, 0.3) is 11.1 Å². The maximum Gasteiger partial charge on any atom is 0.320 e. The molecule has 156 valence electrons. The molecule has 1 saturated carbocycles. The summed E-state index contributed by atoms with van der Waals surface area (Å²) >= 11 is 0. The lowest BCUT2D eigenvalue weighted by atomic mass is 9.83. The van der Waals surface area contributed by atoms with E-state index in [0.29, 0.717) is 35.9 Å². The zero-order valence-corrected chi connectivity index (χ0v) is 16.7. The zero-order valence-electron chi connectivity index (χ0n) is 16.7. The maximum absolute atomic E-state index is 13.0. The summed E-state index contributed by atoms with van der Waals surface area (Å²) in [4.78, 5) is 35.3. The summed E-state index contributed by atoms with van der Waals surface area (Å²) in [5.74, 6) is 0.706. The second-order valence-electron chi connectivity index (χ2n) is 7.85. The number of anilines is 2. The van der Waals surface area contributed by atoms with Gasteiger partial charge in [-0.05, 0) is 43.4 Å². The average molecular weight is 416 g/mol. The van der Waals surface area contributed by atoms with Gasteiger partial charge in [0.25, 0.3) is 0 Å². The van der Waals surface area contributed by atoms with E-state index in [2.05, 4.69) is 26.7 Å². The third kappa shape index (κ3) is 3.46. The Morgan fingerprint density at radius 2 is 2.16 bits per heavy atom. The summed E-state index contributed by atoms with van der Waals surface area (Å²) in [5.41, 5.74) is 1.09. The first-order chi connectivity index (χ1) is 15.1. The number of fused-ring (bicyclic) bond motifs is 1. The predicted molar refractivity (Wildman–Crippen MR) is 112 cm³/mol. The number of aromatic nitrogens is 2. The van der Waals surface area contributed by atoms with Crippen LogP contribution in [0.1, 0.15) is 25.2 Å². The van der Waals surface area contributed by atoms with E-state index < -0.39 is 11.4 Å². The van der Waals surface area contributed by atoms with Crippen molar-refractivity contribution in [1.82, 2.24) is 15.3 Å². The van der Waals surface area contributed by atoms with Gasteiger partial charge in [0.05, 0.1) is 12.6 Å². The van der Waals surface area contributed by atoms with Crippen LogP contribution < -0.4 is 15.5 Å². The lowest BCUT2D eigenvalue weighted by Gasteiger charge is -2.21. The second kappa shape index (κ2) is 7.40. The molecule has 1 aliphatic heterocycles. The molecule has 0 radical (unpaired) electrons. The number of nitrogens with one attached hydrogen (secondary N) is 2. The van der Waals surface area contributed by atoms with Gasteiger partial charge in [0.2, 0.25) is 11.8 Å². The molecule has 2 aliphatic rings. The molecule has 0 bridgehead atoms. The molecule has 31 heavy (non-hydrogen) atoms. The normalized spacial score (nSPS) is 20.6. The predicted octanol–water partition coefficient (Wildman–Crippen LogP) is 3.20. The van der Waals surface area contributed by atoms with E-state index in [1.54, 1.807) is 17.0 Å². The molecule has 0 spiro atoms. The second-order valence-corrected chi connectivity index (χ2v) is 7.85. The lowest BCUT2D eigenvalue weighted by molar-refractivity contribution is -0.123. The number of hydrogen-bond acceptors (Lipinski definition) is 6. The maximum atomic E-state index is 13.0. The summed E-state index contributed by atoms with van der Waals surface area (Å²) < 4.78 is 5.58. The summed E-state index contributed by atoms with van der Waals surface area (Å²) in [6, 6.07) is 12.5. The average Bonchev–Trinajstić information content (AvgIpc) is 3.46. The number of carbonyl (C=O) groups is 2. The van der Waals surface area contributed by atoms with Gasteiger partial charge in [-0.2, -0.15) is 5.26 Å². The van der Waals surface area contributed by atoms with Gasteiger partial charge in [-0.3, -0.25) is 10.1 Å². The summed E-state index contributed by atoms with van der Waals surface area (Å²) in [6.45, 7) is 0.604. The molecule has 1 aromatic carbocycles. The van der Waals surface area contributed by atoms with Crippen molar-refractivity contribution in [2.75, 3.05) is 16.8 Å². The third-order valence-corrected chi connectivity index (χ3v) is 5.87. The minimum atomic E-state index is -0.909. The van der Waals surface area contributed by atoms with Crippen LogP contribution in [0.2, 0.25) is 0 Å². The smallest absolute Gasteiger partial charge is 0.320 e. The van der Waals surface area contributed by atoms with Gasteiger partial charge in [-0.15, -0.1) is 0 Å². The van der Waals surface area contributed by atoms with E-state index in [4.69, 9.17) is 4.42 Å². The van der Waals surface area contributed by atoms with E-state index in [1.807, 2.05) is 24.3 Å². The number of rotatable bonds is 5. The number of para-hydroxylation sites is 2. The van der Waals surface area contributed by atoms with Crippen molar-refractivity contribution < 1.29 is 14.0 Å². The first-order valence-corrected chi connectivity index (χ1v) is 10.2.